The maximum Gasteiger partial charge on any atom is 0.220 e. The molecule has 46 heavy (non-hydrogen) atoms. The van der Waals surface area contributed by atoms with E-state index in [1.807, 2.05) is 48.5 Å². The van der Waals surface area contributed by atoms with Crippen molar-refractivity contribution in [2.24, 2.45) is 0 Å². The Labute approximate surface area is 268 Å². The summed E-state index contributed by atoms with van der Waals surface area (Å²) in [7, 11) is 0. The highest BCUT2D eigenvalue weighted by atomic mass is 16.5. The first-order chi connectivity index (χ1) is 22.7. The second-order valence-electron chi connectivity index (χ2n) is 11.7. The van der Waals surface area contributed by atoms with Crippen LogP contribution in [0.3, 0.4) is 0 Å². The van der Waals surface area contributed by atoms with Gasteiger partial charge in [0.05, 0.1) is 29.4 Å². The molecule has 0 aliphatic heterocycles. The van der Waals surface area contributed by atoms with E-state index in [9.17, 15) is 4.79 Å². The lowest BCUT2D eigenvalue weighted by Gasteiger charge is -2.14. The number of unbranched alkanes of at least 4 members (excludes halogenated alkanes) is 2. The van der Waals surface area contributed by atoms with Crippen LogP contribution in [0.15, 0.2) is 116 Å². The lowest BCUT2D eigenvalue weighted by atomic mass is 9.90. The molecule has 0 radical (unpaired) electrons. The van der Waals surface area contributed by atoms with Crippen molar-refractivity contribution < 1.29 is 9.53 Å². The summed E-state index contributed by atoms with van der Waals surface area (Å²) in [6, 6.07) is 35.3. The van der Waals surface area contributed by atoms with Crippen LogP contribution in [0.5, 0.6) is 5.75 Å². The topological polar surface area (TPSA) is 77.0 Å². The second kappa shape index (κ2) is 13.7. The van der Waals surface area contributed by atoms with E-state index in [2.05, 4.69) is 69.9 Å². The van der Waals surface area contributed by atoms with Crippen LogP contribution in [-0.2, 0) is 11.2 Å². The van der Waals surface area contributed by atoms with Gasteiger partial charge in [-0.2, -0.15) is 0 Å². The second-order valence-corrected chi connectivity index (χ2v) is 11.7. The number of aromatic nitrogens is 3. The number of carbonyl (C=O) groups is 1. The molecule has 7 rings (SSSR count). The molecule has 0 saturated carbocycles. The first kappa shape index (κ1) is 29.4. The number of hydrogen-bond donors (Lipinski definition) is 1. The molecule has 1 N–H and O–H groups in total. The maximum atomic E-state index is 12.6. The number of nitrogens with one attached hydrogen (secondary N) is 1. The van der Waals surface area contributed by atoms with Crippen molar-refractivity contribution in [1.82, 2.24) is 20.3 Å². The SMILES string of the molecule is O=C(CCCc1ccc2ccc3cccc4ccc1c2c34)NCCCCCOc1cc(-c2ccccn2)nc(-c2ccccn2)c1. The van der Waals surface area contributed by atoms with E-state index in [4.69, 9.17) is 9.72 Å². The molecule has 4 aromatic carbocycles. The van der Waals surface area contributed by atoms with Gasteiger partial charge in [-0.15, -0.1) is 0 Å². The van der Waals surface area contributed by atoms with Gasteiger partial charge in [-0.1, -0.05) is 66.7 Å². The molecule has 0 atom stereocenters. The Balaban J connectivity index is 0.863. The molecule has 0 aliphatic carbocycles. The number of carbonyl (C=O) groups excluding carboxylic acids is 1. The van der Waals surface area contributed by atoms with Crippen molar-refractivity contribution in [3.63, 3.8) is 0 Å². The Morgan fingerprint density at radius 2 is 1.30 bits per heavy atom. The van der Waals surface area contributed by atoms with E-state index in [1.165, 1.54) is 37.9 Å². The Hall–Kier alpha value is -5.36. The number of nitrogens with zero attached hydrogens (tertiary/aromatic N) is 3. The quantitative estimate of drug-likeness (QED) is 0.105. The summed E-state index contributed by atoms with van der Waals surface area (Å²) >= 11 is 0. The van der Waals surface area contributed by atoms with Gasteiger partial charge in [0.25, 0.3) is 0 Å². The summed E-state index contributed by atoms with van der Waals surface area (Å²) in [4.78, 5) is 26.3. The van der Waals surface area contributed by atoms with Crippen LogP contribution in [0.4, 0.5) is 0 Å². The third-order valence-corrected chi connectivity index (χ3v) is 8.53. The van der Waals surface area contributed by atoms with Crippen molar-refractivity contribution in [2.45, 2.75) is 38.5 Å². The fourth-order valence-electron chi connectivity index (χ4n) is 6.24. The molecule has 0 fully saturated rings. The van der Waals surface area contributed by atoms with Gasteiger partial charge in [-0.05, 0) is 94.3 Å². The first-order valence-corrected chi connectivity index (χ1v) is 16.1. The summed E-state index contributed by atoms with van der Waals surface area (Å²) in [5, 5.41) is 10.9. The van der Waals surface area contributed by atoms with Gasteiger partial charge in [-0.3, -0.25) is 14.8 Å². The van der Waals surface area contributed by atoms with Gasteiger partial charge in [0.15, 0.2) is 0 Å². The van der Waals surface area contributed by atoms with Crippen LogP contribution in [-0.4, -0.2) is 34.0 Å². The maximum absolute atomic E-state index is 12.6. The average Bonchev–Trinajstić information content (AvgIpc) is 3.11. The minimum Gasteiger partial charge on any atom is -0.493 e. The van der Waals surface area contributed by atoms with Crippen LogP contribution >= 0.6 is 0 Å². The molecule has 228 valence electrons. The summed E-state index contributed by atoms with van der Waals surface area (Å²) in [5.41, 5.74) is 4.39. The molecule has 0 spiro atoms. The van der Waals surface area contributed by atoms with Gasteiger partial charge in [0, 0.05) is 37.5 Å². The van der Waals surface area contributed by atoms with Crippen molar-refractivity contribution in [1.29, 1.82) is 0 Å². The van der Waals surface area contributed by atoms with Crippen molar-refractivity contribution >= 4 is 38.2 Å². The fraction of sp³-hybridized carbons (Fsp3) is 0.200. The number of rotatable bonds is 13. The predicted molar refractivity (Wildman–Crippen MR) is 186 cm³/mol. The molecule has 0 aliphatic rings. The number of aryl methyl sites for hydroxylation is 1. The lowest BCUT2D eigenvalue weighted by Crippen LogP contribution is -2.24. The van der Waals surface area contributed by atoms with E-state index in [0.717, 1.165) is 60.6 Å². The highest BCUT2D eigenvalue weighted by Gasteiger charge is 2.12. The van der Waals surface area contributed by atoms with E-state index in [0.29, 0.717) is 19.6 Å². The van der Waals surface area contributed by atoms with Crippen LogP contribution in [0, 0.1) is 0 Å². The van der Waals surface area contributed by atoms with Crippen LogP contribution < -0.4 is 10.1 Å². The summed E-state index contributed by atoms with van der Waals surface area (Å²) in [6.07, 6.45) is 8.55. The van der Waals surface area contributed by atoms with Gasteiger partial charge in [-0.25, -0.2) is 4.98 Å². The highest BCUT2D eigenvalue weighted by molar-refractivity contribution is 6.23. The zero-order valence-electron chi connectivity index (χ0n) is 25.8. The Morgan fingerprint density at radius 3 is 2.00 bits per heavy atom. The largest absolute Gasteiger partial charge is 0.493 e. The summed E-state index contributed by atoms with van der Waals surface area (Å²) in [5.74, 6) is 0.865. The standard InChI is InChI=1S/C40H36N4O2/c45-38(15-9-10-28-16-17-31-19-18-29-11-8-12-30-20-21-33(28)40(31)39(29)30)43-24-4-1-7-25-46-32-26-36(34-13-2-5-22-41-34)44-37(27-32)35-14-3-6-23-42-35/h2-3,5-6,8,11-14,16-23,26-27H,1,4,7,9-10,15,24-25H2,(H,43,45). The lowest BCUT2D eigenvalue weighted by molar-refractivity contribution is -0.121. The van der Waals surface area contributed by atoms with Crippen molar-refractivity contribution in [2.75, 3.05) is 13.2 Å². The van der Waals surface area contributed by atoms with Crippen molar-refractivity contribution in [3.05, 3.63) is 121 Å². The third-order valence-electron chi connectivity index (χ3n) is 8.53. The molecule has 6 nitrogen and oxygen atoms in total. The van der Waals surface area contributed by atoms with Crippen LogP contribution in [0.1, 0.15) is 37.7 Å². The monoisotopic (exact) mass is 604 g/mol. The minimum atomic E-state index is 0.120. The molecule has 3 heterocycles. The van der Waals surface area contributed by atoms with Gasteiger partial charge >= 0.3 is 0 Å². The predicted octanol–water partition coefficient (Wildman–Crippen LogP) is 8.79. The summed E-state index contributed by atoms with van der Waals surface area (Å²) < 4.78 is 6.14. The normalized spacial score (nSPS) is 11.4. The molecule has 0 saturated heterocycles. The van der Waals surface area contributed by atoms with E-state index in [-0.39, 0.29) is 5.91 Å². The molecule has 1 amide bonds. The number of pyridine rings is 3. The third kappa shape index (κ3) is 6.52. The Morgan fingerprint density at radius 1 is 0.630 bits per heavy atom. The zero-order valence-corrected chi connectivity index (χ0v) is 25.8. The van der Waals surface area contributed by atoms with Gasteiger partial charge in [0.1, 0.15) is 5.75 Å². The van der Waals surface area contributed by atoms with E-state index < -0.39 is 0 Å². The van der Waals surface area contributed by atoms with E-state index >= 15 is 0 Å². The molecular formula is C40H36N4O2. The Bertz CT molecular complexity index is 2010. The van der Waals surface area contributed by atoms with E-state index in [1.54, 1.807) is 12.4 Å². The fourth-order valence-corrected chi connectivity index (χ4v) is 6.24. The minimum absolute atomic E-state index is 0.120. The van der Waals surface area contributed by atoms with Crippen LogP contribution in [0.2, 0.25) is 0 Å². The molecular weight excluding hydrogens is 568 g/mol. The first-order valence-electron chi connectivity index (χ1n) is 16.1. The van der Waals surface area contributed by atoms with Gasteiger partial charge in [0.2, 0.25) is 5.91 Å². The molecule has 7 aromatic rings. The average molecular weight is 605 g/mol. The van der Waals surface area contributed by atoms with Gasteiger partial charge < -0.3 is 10.1 Å². The number of hydrogen-bond acceptors (Lipinski definition) is 5. The summed E-state index contributed by atoms with van der Waals surface area (Å²) in [6.45, 7) is 1.26. The molecule has 3 aromatic heterocycles. The zero-order chi connectivity index (χ0) is 31.1. The molecule has 0 bridgehead atoms. The van der Waals surface area contributed by atoms with Crippen molar-refractivity contribution in [3.8, 4) is 28.5 Å². The number of amides is 1. The highest BCUT2D eigenvalue weighted by Crippen LogP contribution is 2.36. The Kier molecular flexibility index (Phi) is 8.77. The number of ether oxygens (including phenoxy) is 1. The smallest absolute Gasteiger partial charge is 0.220 e. The number of benzene rings is 4. The molecule has 6 heteroatoms. The molecule has 0 unspecified atom stereocenters. The van der Waals surface area contributed by atoms with Crippen LogP contribution in [0.25, 0.3) is 55.1 Å².